The van der Waals surface area contributed by atoms with Crippen LogP contribution in [-0.2, 0) is 0 Å². The van der Waals surface area contributed by atoms with E-state index in [4.69, 9.17) is 15.2 Å². The number of nitrogens with two attached hydrogens (primary N) is 1. The monoisotopic (exact) mass is 407 g/mol. The molecule has 0 fully saturated rings. The van der Waals surface area contributed by atoms with Gasteiger partial charge in [0.2, 0.25) is 0 Å². The van der Waals surface area contributed by atoms with E-state index in [0.717, 1.165) is 12.1 Å². The van der Waals surface area contributed by atoms with Gasteiger partial charge in [0.1, 0.15) is 11.5 Å². The number of anilines is 1. The molecule has 0 aromatic heterocycles. The van der Waals surface area contributed by atoms with E-state index in [1.165, 1.54) is 13.2 Å². The minimum Gasteiger partial charge on any atom is -0.496 e. The van der Waals surface area contributed by atoms with Crippen LogP contribution in [-0.4, -0.2) is 7.11 Å². The number of rotatable bonds is 3. The second-order valence-corrected chi connectivity index (χ2v) is 5.54. The summed E-state index contributed by atoms with van der Waals surface area (Å²) in [7, 11) is 1.51. The van der Waals surface area contributed by atoms with E-state index in [2.05, 4.69) is 31.9 Å². The van der Waals surface area contributed by atoms with Crippen molar-refractivity contribution in [1.29, 1.82) is 0 Å². The normalized spacial score (nSPS) is 10.4. The summed E-state index contributed by atoms with van der Waals surface area (Å²) in [6, 6.07) is 5.14. The molecule has 0 spiro atoms. The van der Waals surface area contributed by atoms with Gasteiger partial charge in [0.15, 0.2) is 17.4 Å². The van der Waals surface area contributed by atoms with Crippen LogP contribution >= 0.6 is 31.9 Å². The number of methoxy groups -OCH3 is 1. The fraction of sp³-hybridized carbons (Fsp3) is 0.0769. The van der Waals surface area contributed by atoms with Gasteiger partial charge < -0.3 is 15.2 Å². The van der Waals surface area contributed by atoms with Gasteiger partial charge in [0, 0.05) is 17.8 Å². The zero-order valence-corrected chi connectivity index (χ0v) is 13.4. The second-order valence-electron chi connectivity index (χ2n) is 3.83. The lowest BCUT2D eigenvalue weighted by Crippen LogP contribution is -1.97. The Hall–Kier alpha value is -1.34. The zero-order chi connectivity index (χ0) is 14.9. The summed E-state index contributed by atoms with van der Waals surface area (Å²) in [6.45, 7) is 0. The van der Waals surface area contributed by atoms with Gasteiger partial charge in [-0.05, 0) is 44.0 Å². The third kappa shape index (κ3) is 3.04. The summed E-state index contributed by atoms with van der Waals surface area (Å²) in [5.41, 5.74) is 5.33. The average molecular weight is 409 g/mol. The van der Waals surface area contributed by atoms with E-state index >= 15 is 0 Å². The lowest BCUT2D eigenvalue weighted by atomic mass is 10.2. The SMILES string of the molecule is COc1cc(Br)c(Oc2c(F)cc(N)cc2F)cc1Br. The first kappa shape index (κ1) is 15.1. The summed E-state index contributed by atoms with van der Waals surface area (Å²) in [5, 5.41) is 0. The number of benzene rings is 2. The second kappa shape index (κ2) is 5.97. The molecular formula is C13H9Br2F2NO2. The predicted octanol–water partition coefficient (Wildman–Crippen LogP) is 4.87. The molecule has 106 valence electrons. The molecule has 2 rings (SSSR count). The van der Waals surface area contributed by atoms with Crippen LogP contribution < -0.4 is 15.2 Å². The van der Waals surface area contributed by atoms with E-state index < -0.39 is 17.4 Å². The average Bonchev–Trinajstić information content (AvgIpc) is 2.37. The van der Waals surface area contributed by atoms with Gasteiger partial charge >= 0.3 is 0 Å². The molecule has 0 atom stereocenters. The summed E-state index contributed by atoms with van der Waals surface area (Å²) >= 11 is 6.52. The lowest BCUT2D eigenvalue weighted by molar-refractivity contribution is 0.397. The van der Waals surface area contributed by atoms with Crippen molar-refractivity contribution < 1.29 is 18.3 Å². The summed E-state index contributed by atoms with van der Waals surface area (Å²) < 4.78 is 38.8. The fourth-order valence-electron chi connectivity index (χ4n) is 1.53. The van der Waals surface area contributed by atoms with E-state index in [1.54, 1.807) is 6.07 Å². The molecule has 0 aliphatic rings. The first-order valence-electron chi connectivity index (χ1n) is 5.37. The molecule has 0 amide bonds. The largest absolute Gasteiger partial charge is 0.496 e. The van der Waals surface area contributed by atoms with Crippen LogP contribution in [0.25, 0.3) is 0 Å². The minimum atomic E-state index is -0.874. The Balaban J connectivity index is 2.43. The van der Waals surface area contributed by atoms with E-state index in [1.807, 2.05) is 0 Å². The van der Waals surface area contributed by atoms with Gasteiger partial charge in [-0.1, -0.05) is 0 Å². The summed E-state index contributed by atoms with van der Waals surface area (Å²) in [4.78, 5) is 0. The van der Waals surface area contributed by atoms with Crippen molar-refractivity contribution in [2.75, 3.05) is 12.8 Å². The van der Waals surface area contributed by atoms with Crippen LogP contribution in [0, 0.1) is 11.6 Å². The predicted molar refractivity (Wildman–Crippen MR) is 79.2 cm³/mol. The molecule has 2 aromatic carbocycles. The summed E-state index contributed by atoms with van der Waals surface area (Å²) in [5.74, 6) is -1.47. The molecule has 0 aliphatic heterocycles. The molecule has 0 saturated carbocycles. The maximum absolute atomic E-state index is 13.7. The molecule has 0 radical (unpaired) electrons. The van der Waals surface area contributed by atoms with Crippen molar-refractivity contribution in [3.05, 3.63) is 44.8 Å². The highest BCUT2D eigenvalue weighted by atomic mass is 79.9. The molecule has 0 saturated heterocycles. The van der Waals surface area contributed by atoms with Gasteiger partial charge in [-0.3, -0.25) is 0 Å². The van der Waals surface area contributed by atoms with Crippen molar-refractivity contribution >= 4 is 37.5 Å². The third-order valence-corrected chi connectivity index (χ3v) is 3.68. The van der Waals surface area contributed by atoms with Crippen molar-refractivity contribution in [2.24, 2.45) is 0 Å². The Morgan fingerprint density at radius 1 is 0.950 bits per heavy atom. The van der Waals surface area contributed by atoms with Crippen LogP contribution in [0.4, 0.5) is 14.5 Å². The van der Waals surface area contributed by atoms with Crippen molar-refractivity contribution in [3.8, 4) is 17.2 Å². The minimum absolute atomic E-state index is 0.0117. The Kier molecular flexibility index (Phi) is 4.49. The van der Waals surface area contributed by atoms with Crippen LogP contribution in [0.15, 0.2) is 33.2 Å². The number of halogens is 4. The Labute approximate surface area is 130 Å². The van der Waals surface area contributed by atoms with Gasteiger partial charge in [-0.2, -0.15) is 0 Å². The molecule has 2 N–H and O–H groups in total. The number of nitrogen functional groups attached to an aromatic ring is 1. The van der Waals surface area contributed by atoms with Crippen molar-refractivity contribution in [2.45, 2.75) is 0 Å². The summed E-state index contributed by atoms with van der Waals surface area (Å²) in [6.07, 6.45) is 0. The van der Waals surface area contributed by atoms with E-state index in [0.29, 0.717) is 14.7 Å². The topological polar surface area (TPSA) is 44.5 Å². The van der Waals surface area contributed by atoms with Crippen LogP contribution in [0.1, 0.15) is 0 Å². The van der Waals surface area contributed by atoms with Gasteiger partial charge in [-0.15, -0.1) is 0 Å². The van der Waals surface area contributed by atoms with E-state index in [-0.39, 0.29) is 11.4 Å². The quantitative estimate of drug-likeness (QED) is 0.736. The van der Waals surface area contributed by atoms with Crippen molar-refractivity contribution in [3.63, 3.8) is 0 Å². The first-order valence-corrected chi connectivity index (χ1v) is 6.96. The van der Waals surface area contributed by atoms with Crippen LogP contribution in [0.2, 0.25) is 0 Å². The molecule has 0 bridgehead atoms. The molecule has 0 unspecified atom stereocenters. The van der Waals surface area contributed by atoms with Gasteiger partial charge in [0.05, 0.1) is 16.1 Å². The fourth-order valence-corrected chi connectivity index (χ4v) is 2.42. The Morgan fingerprint density at radius 2 is 1.45 bits per heavy atom. The van der Waals surface area contributed by atoms with Crippen LogP contribution in [0.5, 0.6) is 17.2 Å². The Bertz CT molecular complexity index is 642. The number of ether oxygens (including phenoxy) is 2. The highest BCUT2D eigenvalue weighted by molar-refractivity contribution is 9.11. The molecule has 0 heterocycles. The first-order chi connectivity index (χ1) is 9.42. The highest BCUT2D eigenvalue weighted by Gasteiger charge is 2.16. The maximum Gasteiger partial charge on any atom is 0.198 e. The number of hydrogen-bond donors (Lipinski definition) is 1. The highest BCUT2D eigenvalue weighted by Crippen LogP contribution is 2.39. The van der Waals surface area contributed by atoms with Crippen molar-refractivity contribution in [1.82, 2.24) is 0 Å². The molecule has 3 nitrogen and oxygen atoms in total. The lowest BCUT2D eigenvalue weighted by Gasteiger charge is -2.12. The third-order valence-electron chi connectivity index (χ3n) is 2.44. The Morgan fingerprint density at radius 3 is 2.00 bits per heavy atom. The molecule has 2 aromatic rings. The smallest absolute Gasteiger partial charge is 0.198 e. The maximum atomic E-state index is 13.7. The van der Waals surface area contributed by atoms with Crippen LogP contribution in [0.3, 0.4) is 0 Å². The van der Waals surface area contributed by atoms with Gasteiger partial charge in [-0.25, -0.2) is 8.78 Å². The molecule has 7 heteroatoms. The molecule has 20 heavy (non-hydrogen) atoms. The van der Waals surface area contributed by atoms with E-state index in [9.17, 15) is 8.78 Å². The van der Waals surface area contributed by atoms with Gasteiger partial charge in [0.25, 0.3) is 0 Å². The number of hydrogen-bond acceptors (Lipinski definition) is 3. The molecule has 0 aliphatic carbocycles. The molecular weight excluding hydrogens is 400 g/mol. The standard InChI is InChI=1S/C13H9Br2F2NO2/c1-19-11-4-8(15)12(5-7(11)14)20-13-9(16)2-6(18)3-10(13)17/h2-5H,18H2,1H3. The zero-order valence-electron chi connectivity index (χ0n) is 10.2.